The maximum atomic E-state index is 11.0. The smallest absolute Gasteiger partial charge is 0.335 e. The van der Waals surface area contributed by atoms with Crippen LogP contribution in [0.25, 0.3) is 0 Å². The van der Waals surface area contributed by atoms with E-state index in [4.69, 9.17) is 9.84 Å². The van der Waals surface area contributed by atoms with Crippen LogP contribution in [0.2, 0.25) is 0 Å². The third-order valence-corrected chi connectivity index (χ3v) is 2.98. The van der Waals surface area contributed by atoms with Crippen molar-refractivity contribution in [2.75, 3.05) is 12.4 Å². The van der Waals surface area contributed by atoms with Gasteiger partial charge in [0.05, 0.1) is 18.4 Å². The van der Waals surface area contributed by atoms with E-state index in [0.29, 0.717) is 17.0 Å². The number of aromatic carboxylic acids is 1. The van der Waals surface area contributed by atoms with Crippen molar-refractivity contribution in [2.24, 2.45) is 0 Å². The lowest BCUT2D eigenvalue weighted by Gasteiger charge is -2.13. The van der Waals surface area contributed by atoms with Crippen LogP contribution in [0, 0.1) is 0 Å². The molecule has 0 bridgehead atoms. The van der Waals surface area contributed by atoms with Crippen LogP contribution in [0.3, 0.4) is 0 Å². The first-order valence-electron chi connectivity index (χ1n) is 6.17. The molecule has 0 aliphatic heterocycles. The number of ether oxygens (including phenoxy) is 1. The minimum Gasteiger partial charge on any atom is -0.508 e. The number of hydrogen-bond acceptors (Lipinski definition) is 5. The monoisotopic (exact) mass is 289 g/mol. The van der Waals surface area contributed by atoms with Crippen LogP contribution in [0.4, 0.5) is 5.69 Å². The molecule has 0 fully saturated rings. The van der Waals surface area contributed by atoms with Crippen molar-refractivity contribution in [3.63, 3.8) is 0 Å². The Labute approximate surface area is 121 Å². The van der Waals surface area contributed by atoms with Crippen molar-refractivity contribution in [3.05, 3.63) is 47.5 Å². The van der Waals surface area contributed by atoms with E-state index in [0.717, 1.165) is 0 Å². The molecule has 2 rings (SSSR count). The second kappa shape index (κ2) is 6.04. The largest absolute Gasteiger partial charge is 0.508 e. The quantitative estimate of drug-likeness (QED) is 0.674. The van der Waals surface area contributed by atoms with Gasteiger partial charge in [0.25, 0.3) is 0 Å². The topological polar surface area (TPSA) is 99.0 Å². The lowest BCUT2D eigenvalue weighted by molar-refractivity contribution is 0.0697. The minimum absolute atomic E-state index is 0.0262. The van der Waals surface area contributed by atoms with Crippen LogP contribution >= 0.6 is 0 Å². The molecule has 0 radical (unpaired) electrons. The average Bonchev–Trinajstić information content (AvgIpc) is 2.46. The number of hydrogen-bond donors (Lipinski definition) is 4. The summed E-state index contributed by atoms with van der Waals surface area (Å²) >= 11 is 0. The van der Waals surface area contributed by atoms with Gasteiger partial charge in [0, 0.05) is 18.2 Å². The van der Waals surface area contributed by atoms with Crippen LogP contribution in [0.15, 0.2) is 36.4 Å². The predicted molar refractivity (Wildman–Crippen MR) is 77.1 cm³/mol. The molecule has 0 heterocycles. The number of phenolic OH excluding ortho intramolecular Hbond substituents is 2. The highest BCUT2D eigenvalue weighted by Crippen LogP contribution is 2.28. The van der Waals surface area contributed by atoms with Crippen LogP contribution in [0.5, 0.6) is 17.2 Å². The zero-order valence-electron chi connectivity index (χ0n) is 11.3. The summed E-state index contributed by atoms with van der Waals surface area (Å²) in [6, 6.07) is 8.74. The van der Waals surface area contributed by atoms with Gasteiger partial charge in [-0.15, -0.1) is 0 Å². The maximum Gasteiger partial charge on any atom is 0.335 e. The summed E-state index contributed by atoms with van der Waals surface area (Å²) < 4.78 is 5.16. The van der Waals surface area contributed by atoms with Gasteiger partial charge in [-0.2, -0.15) is 0 Å². The molecule has 2 aromatic rings. The second-order valence-electron chi connectivity index (χ2n) is 4.39. The Hall–Kier alpha value is -2.89. The van der Waals surface area contributed by atoms with Gasteiger partial charge >= 0.3 is 5.97 Å². The van der Waals surface area contributed by atoms with Gasteiger partial charge in [-0.05, 0) is 30.3 Å². The highest BCUT2D eigenvalue weighted by molar-refractivity contribution is 5.89. The van der Waals surface area contributed by atoms with Crippen molar-refractivity contribution in [1.29, 1.82) is 0 Å². The molecule has 0 aliphatic carbocycles. The number of aromatic hydroxyl groups is 2. The third-order valence-electron chi connectivity index (χ3n) is 2.98. The van der Waals surface area contributed by atoms with E-state index < -0.39 is 5.97 Å². The molecule has 2 aromatic carbocycles. The van der Waals surface area contributed by atoms with Crippen LogP contribution < -0.4 is 10.1 Å². The summed E-state index contributed by atoms with van der Waals surface area (Å²) in [4.78, 5) is 11.0. The van der Waals surface area contributed by atoms with Gasteiger partial charge in [0.15, 0.2) is 0 Å². The summed E-state index contributed by atoms with van der Waals surface area (Å²) in [5, 5.41) is 31.0. The number of carbonyl (C=O) groups is 1. The molecule has 6 nitrogen and oxygen atoms in total. The highest BCUT2D eigenvalue weighted by Gasteiger charge is 2.10. The normalized spacial score (nSPS) is 10.1. The fourth-order valence-electron chi connectivity index (χ4n) is 1.87. The number of benzene rings is 2. The van der Waals surface area contributed by atoms with Crippen molar-refractivity contribution < 1.29 is 24.9 Å². The van der Waals surface area contributed by atoms with Gasteiger partial charge in [0.1, 0.15) is 17.2 Å². The second-order valence-corrected chi connectivity index (χ2v) is 4.39. The SMILES string of the molecule is COc1ccc(C(=O)O)cc1NCc1ccc(O)cc1O. The van der Waals surface area contributed by atoms with Gasteiger partial charge < -0.3 is 25.4 Å². The summed E-state index contributed by atoms with van der Waals surface area (Å²) in [6.07, 6.45) is 0. The zero-order chi connectivity index (χ0) is 15.4. The Morgan fingerprint density at radius 1 is 1.19 bits per heavy atom. The third kappa shape index (κ3) is 3.36. The number of carboxylic acid groups (broad SMARTS) is 1. The van der Waals surface area contributed by atoms with E-state index in [1.807, 2.05) is 0 Å². The molecule has 0 atom stereocenters. The van der Waals surface area contributed by atoms with E-state index in [9.17, 15) is 15.0 Å². The average molecular weight is 289 g/mol. The first-order valence-corrected chi connectivity index (χ1v) is 6.17. The number of nitrogens with one attached hydrogen (secondary N) is 1. The summed E-state index contributed by atoms with van der Waals surface area (Å²) in [7, 11) is 1.49. The molecule has 110 valence electrons. The minimum atomic E-state index is -1.03. The zero-order valence-corrected chi connectivity index (χ0v) is 11.3. The number of carboxylic acids is 1. The van der Waals surface area contributed by atoms with Crippen molar-refractivity contribution >= 4 is 11.7 Å². The summed E-state index contributed by atoms with van der Waals surface area (Å²) in [6.45, 7) is 0.256. The van der Waals surface area contributed by atoms with Crippen molar-refractivity contribution in [2.45, 2.75) is 6.54 Å². The Bertz CT molecular complexity index is 669. The predicted octanol–water partition coefficient (Wildman–Crippen LogP) is 2.42. The molecule has 4 N–H and O–H groups in total. The molecule has 6 heteroatoms. The lowest BCUT2D eigenvalue weighted by atomic mass is 10.1. The molecule has 0 amide bonds. The molecule has 0 spiro atoms. The van der Waals surface area contributed by atoms with E-state index in [-0.39, 0.29) is 23.6 Å². The molecule has 21 heavy (non-hydrogen) atoms. The fraction of sp³-hybridized carbons (Fsp3) is 0.133. The van der Waals surface area contributed by atoms with E-state index in [1.165, 1.54) is 31.4 Å². The highest BCUT2D eigenvalue weighted by atomic mass is 16.5. The molecule has 0 saturated heterocycles. The van der Waals surface area contributed by atoms with E-state index >= 15 is 0 Å². The molecule has 0 unspecified atom stereocenters. The Balaban J connectivity index is 2.22. The molecular weight excluding hydrogens is 274 g/mol. The fourth-order valence-corrected chi connectivity index (χ4v) is 1.87. The first kappa shape index (κ1) is 14.5. The first-order chi connectivity index (χ1) is 10.0. The maximum absolute atomic E-state index is 11.0. The lowest BCUT2D eigenvalue weighted by Crippen LogP contribution is -2.04. The number of phenols is 2. The number of anilines is 1. The standard InChI is InChI=1S/C15H15NO5/c1-21-14-5-3-9(15(19)20)6-12(14)16-8-10-2-4-11(17)7-13(10)18/h2-7,16-18H,8H2,1H3,(H,19,20). The van der Waals surface area contributed by atoms with Crippen LogP contribution in [-0.4, -0.2) is 28.4 Å². The Morgan fingerprint density at radius 2 is 1.95 bits per heavy atom. The molecule has 0 saturated carbocycles. The van der Waals surface area contributed by atoms with E-state index in [2.05, 4.69) is 5.32 Å². The van der Waals surface area contributed by atoms with Crippen molar-refractivity contribution in [3.8, 4) is 17.2 Å². The Kier molecular flexibility index (Phi) is 4.18. The molecule has 0 aromatic heterocycles. The van der Waals surface area contributed by atoms with Crippen LogP contribution in [0.1, 0.15) is 15.9 Å². The summed E-state index contributed by atoms with van der Waals surface area (Å²) in [5.41, 5.74) is 1.20. The Morgan fingerprint density at radius 3 is 2.57 bits per heavy atom. The van der Waals surface area contributed by atoms with Gasteiger partial charge in [-0.3, -0.25) is 0 Å². The molecular formula is C15H15NO5. The summed E-state index contributed by atoms with van der Waals surface area (Å²) in [5.74, 6) is -0.607. The van der Waals surface area contributed by atoms with Crippen molar-refractivity contribution in [1.82, 2.24) is 0 Å². The number of rotatable bonds is 5. The van der Waals surface area contributed by atoms with Gasteiger partial charge in [-0.1, -0.05) is 0 Å². The van der Waals surface area contributed by atoms with E-state index in [1.54, 1.807) is 12.1 Å². The van der Waals surface area contributed by atoms with Crippen LogP contribution in [-0.2, 0) is 6.54 Å². The number of methoxy groups -OCH3 is 1. The van der Waals surface area contributed by atoms with Gasteiger partial charge in [0.2, 0.25) is 0 Å². The van der Waals surface area contributed by atoms with Gasteiger partial charge in [-0.25, -0.2) is 4.79 Å². The molecule has 0 aliphatic rings.